The van der Waals surface area contributed by atoms with Gasteiger partial charge in [-0.05, 0) is 0 Å². The molecule has 1 aliphatic heterocycles. The number of ether oxygens (including phenoxy) is 1. The molecule has 88 valence electrons. The zero-order valence-corrected chi connectivity index (χ0v) is 10.1. The normalized spacial score (nSPS) is 17.7. The molecule has 1 saturated heterocycles. The van der Waals surface area contributed by atoms with E-state index in [0.717, 1.165) is 19.6 Å². The fourth-order valence-electron chi connectivity index (χ4n) is 1.48. The fourth-order valence-corrected chi connectivity index (χ4v) is 2.46. The van der Waals surface area contributed by atoms with Gasteiger partial charge in [-0.15, -0.1) is 0 Å². The predicted molar refractivity (Wildman–Crippen MR) is 63.3 cm³/mol. The highest BCUT2D eigenvalue weighted by Crippen LogP contribution is 2.07. The molecule has 4 nitrogen and oxygen atoms in total. The molecule has 0 spiro atoms. The molecule has 1 aliphatic rings. The van der Waals surface area contributed by atoms with Crippen molar-refractivity contribution >= 4 is 17.7 Å². The molecule has 1 fully saturated rings. The maximum absolute atomic E-state index is 10.8. The SMILES string of the molecule is COC(=O)CCNCCN1CCSCC1. The molecule has 0 bridgehead atoms. The van der Waals surface area contributed by atoms with E-state index in [2.05, 4.69) is 15.0 Å². The summed E-state index contributed by atoms with van der Waals surface area (Å²) in [5.41, 5.74) is 0. The summed E-state index contributed by atoms with van der Waals surface area (Å²) in [7, 11) is 1.42. The molecule has 0 aromatic rings. The van der Waals surface area contributed by atoms with Gasteiger partial charge in [0.2, 0.25) is 0 Å². The van der Waals surface area contributed by atoms with Gasteiger partial charge in [0, 0.05) is 44.2 Å². The highest BCUT2D eigenvalue weighted by Gasteiger charge is 2.08. The second-order valence-electron chi connectivity index (χ2n) is 3.53. The summed E-state index contributed by atoms with van der Waals surface area (Å²) in [5.74, 6) is 2.36. The van der Waals surface area contributed by atoms with E-state index < -0.39 is 0 Å². The average Bonchev–Trinajstić information content (AvgIpc) is 2.29. The quantitative estimate of drug-likeness (QED) is 0.523. The number of esters is 1. The molecule has 0 aromatic heterocycles. The Morgan fingerprint density at radius 2 is 2.13 bits per heavy atom. The van der Waals surface area contributed by atoms with Crippen LogP contribution in [0.5, 0.6) is 0 Å². The number of rotatable bonds is 6. The lowest BCUT2D eigenvalue weighted by Gasteiger charge is -2.26. The van der Waals surface area contributed by atoms with E-state index in [1.165, 1.54) is 31.7 Å². The third-order valence-electron chi connectivity index (χ3n) is 2.44. The third-order valence-corrected chi connectivity index (χ3v) is 3.38. The summed E-state index contributed by atoms with van der Waals surface area (Å²) in [6, 6.07) is 0. The minimum atomic E-state index is -0.142. The van der Waals surface area contributed by atoms with E-state index in [-0.39, 0.29) is 5.97 Å². The first-order valence-corrected chi connectivity index (χ1v) is 6.56. The molecular formula is C10H20N2O2S. The van der Waals surface area contributed by atoms with Gasteiger partial charge in [-0.2, -0.15) is 11.8 Å². The Morgan fingerprint density at radius 3 is 2.80 bits per heavy atom. The topological polar surface area (TPSA) is 41.6 Å². The summed E-state index contributed by atoms with van der Waals surface area (Å²) < 4.78 is 4.55. The van der Waals surface area contributed by atoms with Crippen molar-refractivity contribution in [1.29, 1.82) is 0 Å². The number of hydrogen-bond donors (Lipinski definition) is 1. The van der Waals surface area contributed by atoms with Crippen LogP contribution in [0.2, 0.25) is 0 Å². The Kier molecular flexibility index (Phi) is 6.80. The molecule has 15 heavy (non-hydrogen) atoms. The summed E-state index contributed by atoms with van der Waals surface area (Å²) in [6.45, 7) is 5.16. The second-order valence-corrected chi connectivity index (χ2v) is 4.75. The van der Waals surface area contributed by atoms with Crippen molar-refractivity contribution in [2.75, 3.05) is 51.3 Å². The number of nitrogens with zero attached hydrogens (tertiary/aromatic N) is 1. The smallest absolute Gasteiger partial charge is 0.306 e. The first kappa shape index (κ1) is 12.8. The number of hydrogen-bond acceptors (Lipinski definition) is 5. The van der Waals surface area contributed by atoms with Crippen LogP contribution >= 0.6 is 11.8 Å². The van der Waals surface area contributed by atoms with E-state index >= 15 is 0 Å². The summed E-state index contributed by atoms with van der Waals surface area (Å²) >= 11 is 2.03. The number of nitrogens with one attached hydrogen (secondary N) is 1. The Bertz CT molecular complexity index is 184. The largest absolute Gasteiger partial charge is 0.469 e. The monoisotopic (exact) mass is 232 g/mol. The van der Waals surface area contributed by atoms with E-state index in [9.17, 15) is 4.79 Å². The van der Waals surface area contributed by atoms with Crippen LogP contribution in [-0.4, -0.2) is 62.2 Å². The highest BCUT2D eigenvalue weighted by molar-refractivity contribution is 7.99. The third kappa shape index (κ3) is 6.02. The number of carbonyl (C=O) groups is 1. The van der Waals surface area contributed by atoms with Crippen LogP contribution in [0.1, 0.15) is 6.42 Å². The van der Waals surface area contributed by atoms with Crippen molar-refractivity contribution in [2.45, 2.75) is 6.42 Å². The molecule has 1 heterocycles. The van der Waals surface area contributed by atoms with Gasteiger partial charge >= 0.3 is 5.97 Å². The van der Waals surface area contributed by atoms with Crippen molar-refractivity contribution in [2.24, 2.45) is 0 Å². The molecule has 0 saturated carbocycles. The van der Waals surface area contributed by atoms with E-state index in [1.807, 2.05) is 11.8 Å². The molecule has 1 rings (SSSR count). The van der Waals surface area contributed by atoms with Crippen molar-refractivity contribution in [3.63, 3.8) is 0 Å². The van der Waals surface area contributed by atoms with Gasteiger partial charge in [0.15, 0.2) is 0 Å². The van der Waals surface area contributed by atoms with Crippen LogP contribution in [-0.2, 0) is 9.53 Å². The van der Waals surface area contributed by atoms with Crippen LogP contribution in [0, 0.1) is 0 Å². The summed E-state index contributed by atoms with van der Waals surface area (Å²) in [5, 5.41) is 3.25. The standard InChI is InChI=1S/C10H20N2O2S/c1-14-10(13)2-3-11-4-5-12-6-8-15-9-7-12/h11H,2-9H2,1H3. The average molecular weight is 232 g/mol. The lowest BCUT2D eigenvalue weighted by atomic mass is 10.4. The molecule has 0 atom stereocenters. The lowest BCUT2D eigenvalue weighted by molar-refractivity contribution is -0.140. The van der Waals surface area contributed by atoms with Crippen LogP contribution in [0.15, 0.2) is 0 Å². The van der Waals surface area contributed by atoms with Gasteiger partial charge in [0.05, 0.1) is 13.5 Å². The lowest BCUT2D eigenvalue weighted by Crippen LogP contribution is -2.38. The predicted octanol–water partition coefficient (Wildman–Crippen LogP) is 0.188. The van der Waals surface area contributed by atoms with Gasteiger partial charge < -0.3 is 15.0 Å². The van der Waals surface area contributed by atoms with Gasteiger partial charge in [0.1, 0.15) is 0 Å². The van der Waals surface area contributed by atoms with Gasteiger partial charge in [-0.3, -0.25) is 4.79 Å². The molecule has 0 radical (unpaired) electrons. The zero-order chi connectivity index (χ0) is 10.9. The van der Waals surface area contributed by atoms with Crippen molar-refractivity contribution < 1.29 is 9.53 Å². The van der Waals surface area contributed by atoms with Crippen molar-refractivity contribution in [3.8, 4) is 0 Å². The second kappa shape index (κ2) is 7.96. The summed E-state index contributed by atoms with van der Waals surface area (Å²) in [6.07, 6.45) is 0.465. The van der Waals surface area contributed by atoms with Crippen molar-refractivity contribution in [1.82, 2.24) is 10.2 Å². The van der Waals surface area contributed by atoms with E-state index in [0.29, 0.717) is 6.42 Å². The van der Waals surface area contributed by atoms with Gasteiger partial charge in [-0.25, -0.2) is 0 Å². The Labute approximate surface area is 95.7 Å². The summed E-state index contributed by atoms with van der Waals surface area (Å²) in [4.78, 5) is 13.3. The highest BCUT2D eigenvalue weighted by atomic mass is 32.2. The minimum Gasteiger partial charge on any atom is -0.469 e. The molecule has 5 heteroatoms. The van der Waals surface area contributed by atoms with Crippen LogP contribution < -0.4 is 5.32 Å². The number of carbonyl (C=O) groups excluding carboxylic acids is 1. The van der Waals surface area contributed by atoms with Crippen LogP contribution in [0.4, 0.5) is 0 Å². The van der Waals surface area contributed by atoms with E-state index in [4.69, 9.17) is 0 Å². The van der Waals surface area contributed by atoms with E-state index in [1.54, 1.807) is 0 Å². The maximum Gasteiger partial charge on any atom is 0.306 e. The molecule has 1 N–H and O–H groups in total. The molecule has 0 amide bonds. The zero-order valence-electron chi connectivity index (χ0n) is 9.33. The fraction of sp³-hybridized carbons (Fsp3) is 0.900. The Balaban J connectivity index is 1.89. The number of thioether (sulfide) groups is 1. The first-order chi connectivity index (χ1) is 7.33. The van der Waals surface area contributed by atoms with Crippen LogP contribution in [0.25, 0.3) is 0 Å². The number of methoxy groups -OCH3 is 1. The maximum atomic E-state index is 10.8. The van der Waals surface area contributed by atoms with Crippen molar-refractivity contribution in [3.05, 3.63) is 0 Å². The molecule has 0 unspecified atom stereocenters. The molecular weight excluding hydrogens is 212 g/mol. The Morgan fingerprint density at radius 1 is 1.40 bits per heavy atom. The molecule has 0 aliphatic carbocycles. The Hall–Kier alpha value is -0.260. The van der Waals surface area contributed by atoms with Gasteiger partial charge in [0.25, 0.3) is 0 Å². The molecule has 0 aromatic carbocycles. The minimum absolute atomic E-state index is 0.142. The first-order valence-electron chi connectivity index (χ1n) is 5.40. The van der Waals surface area contributed by atoms with Gasteiger partial charge in [-0.1, -0.05) is 0 Å². The van der Waals surface area contributed by atoms with Crippen LogP contribution in [0.3, 0.4) is 0 Å².